The lowest BCUT2D eigenvalue weighted by atomic mass is 10.0. The fourth-order valence-electron chi connectivity index (χ4n) is 2.46. The van der Waals surface area contributed by atoms with Crippen LogP contribution in [0.4, 0.5) is 11.6 Å². The van der Waals surface area contributed by atoms with E-state index in [1.54, 1.807) is 6.33 Å². The molecule has 106 valence electrons. The summed E-state index contributed by atoms with van der Waals surface area (Å²) in [5.74, 6) is 1.94. The lowest BCUT2D eigenvalue weighted by Gasteiger charge is -2.35. The maximum Gasteiger partial charge on any atom is 0.134 e. The van der Waals surface area contributed by atoms with Gasteiger partial charge in [0.15, 0.2) is 0 Å². The number of anilines is 2. The number of aromatic nitrogens is 2. The highest BCUT2D eigenvalue weighted by atomic mass is 15.2. The third kappa shape index (κ3) is 3.80. The first-order valence-corrected chi connectivity index (χ1v) is 7.18. The lowest BCUT2D eigenvalue weighted by Crippen LogP contribution is -2.42. The summed E-state index contributed by atoms with van der Waals surface area (Å²) in [4.78, 5) is 13.3. The molecule has 0 amide bonds. The number of hydrogen-bond donors (Lipinski definition) is 1. The monoisotopic (exact) mass is 263 g/mol. The summed E-state index contributed by atoms with van der Waals surface area (Å²) in [6.07, 6.45) is 5.16. The Bertz CT molecular complexity index is 387. The van der Waals surface area contributed by atoms with Crippen LogP contribution in [0.1, 0.15) is 26.2 Å². The molecular formula is C14H25N5. The van der Waals surface area contributed by atoms with Crippen molar-refractivity contribution in [3.05, 3.63) is 12.4 Å². The van der Waals surface area contributed by atoms with Crippen molar-refractivity contribution in [2.75, 3.05) is 43.9 Å². The standard InChI is InChI=1S/C14H25N5/c1-4-7-15-13-10-14(17-11-16-13)19(3)12-5-8-18(2)9-6-12/h10-12H,4-9H2,1-3H3,(H,15,16,17). The maximum absolute atomic E-state index is 4.40. The average molecular weight is 263 g/mol. The number of likely N-dealkylation sites (tertiary alicyclic amines) is 1. The number of rotatable bonds is 5. The molecule has 1 aromatic rings. The Labute approximate surface area is 116 Å². The molecule has 2 rings (SSSR count). The molecule has 0 bridgehead atoms. The zero-order valence-corrected chi connectivity index (χ0v) is 12.3. The van der Waals surface area contributed by atoms with Gasteiger partial charge in [0.1, 0.15) is 18.0 Å². The average Bonchev–Trinajstić information content (AvgIpc) is 2.45. The minimum absolute atomic E-state index is 0.588. The molecule has 0 saturated carbocycles. The largest absolute Gasteiger partial charge is 0.370 e. The van der Waals surface area contributed by atoms with Gasteiger partial charge in [0.25, 0.3) is 0 Å². The molecule has 1 saturated heterocycles. The van der Waals surface area contributed by atoms with Gasteiger partial charge in [0.05, 0.1) is 0 Å². The topological polar surface area (TPSA) is 44.3 Å². The van der Waals surface area contributed by atoms with Crippen LogP contribution in [-0.4, -0.2) is 54.6 Å². The minimum Gasteiger partial charge on any atom is -0.370 e. The first-order chi connectivity index (χ1) is 9.20. The molecule has 5 nitrogen and oxygen atoms in total. The van der Waals surface area contributed by atoms with Crippen LogP contribution in [0.3, 0.4) is 0 Å². The van der Waals surface area contributed by atoms with E-state index in [0.29, 0.717) is 6.04 Å². The van der Waals surface area contributed by atoms with E-state index in [2.05, 4.69) is 46.1 Å². The van der Waals surface area contributed by atoms with E-state index in [4.69, 9.17) is 0 Å². The van der Waals surface area contributed by atoms with Gasteiger partial charge in [-0.25, -0.2) is 9.97 Å². The molecule has 0 aromatic carbocycles. The van der Waals surface area contributed by atoms with Crippen LogP contribution in [-0.2, 0) is 0 Å². The number of nitrogens with one attached hydrogen (secondary N) is 1. The van der Waals surface area contributed by atoms with E-state index in [1.807, 2.05) is 6.07 Å². The molecule has 0 atom stereocenters. The molecule has 1 aliphatic heterocycles. The Kier molecular flexibility index (Phi) is 4.96. The molecular weight excluding hydrogens is 238 g/mol. The van der Waals surface area contributed by atoms with Gasteiger partial charge in [-0.15, -0.1) is 0 Å². The summed E-state index contributed by atoms with van der Waals surface area (Å²) in [6, 6.07) is 2.64. The van der Waals surface area contributed by atoms with Crippen LogP contribution in [0.25, 0.3) is 0 Å². The van der Waals surface area contributed by atoms with E-state index in [1.165, 1.54) is 25.9 Å². The molecule has 2 heterocycles. The molecule has 1 N–H and O–H groups in total. The van der Waals surface area contributed by atoms with Gasteiger partial charge in [-0.2, -0.15) is 0 Å². The zero-order valence-electron chi connectivity index (χ0n) is 12.3. The van der Waals surface area contributed by atoms with Gasteiger partial charge in [0.2, 0.25) is 0 Å². The van der Waals surface area contributed by atoms with Crippen molar-refractivity contribution in [2.45, 2.75) is 32.2 Å². The van der Waals surface area contributed by atoms with Gasteiger partial charge in [0, 0.05) is 25.7 Å². The highest BCUT2D eigenvalue weighted by Gasteiger charge is 2.21. The van der Waals surface area contributed by atoms with Crippen LogP contribution in [0.15, 0.2) is 12.4 Å². The van der Waals surface area contributed by atoms with Crippen molar-refractivity contribution in [1.29, 1.82) is 0 Å². The molecule has 5 heteroatoms. The number of hydrogen-bond acceptors (Lipinski definition) is 5. The Morgan fingerprint density at radius 3 is 2.79 bits per heavy atom. The minimum atomic E-state index is 0.588. The zero-order chi connectivity index (χ0) is 13.7. The van der Waals surface area contributed by atoms with Crippen LogP contribution in [0, 0.1) is 0 Å². The maximum atomic E-state index is 4.40. The molecule has 19 heavy (non-hydrogen) atoms. The van der Waals surface area contributed by atoms with Crippen LogP contribution in [0.2, 0.25) is 0 Å². The van der Waals surface area contributed by atoms with Crippen LogP contribution < -0.4 is 10.2 Å². The second-order valence-electron chi connectivity index (χ2n) is 5.33. The summed E-state index contributed by atoms with van der Waals surface area (Å²) in [6.45, 7) is 5.44. The predicted molar refractivity (Wildman–Crippen MR) is 79.7 cm³/mol. The van der Waals surface area contributed by atoms with Gasteiger partial charge < -0.3 is 15.1 Å². The van der Waals surface area contributed by atoms with Crippen molar-refractivity contribution >= 4 is 11.6 Å². The van der Waals surface area contributed by atoms with Gasteiger partial charge >= 0.3 is 0 Å². The van der Waals surface area contributed by atoms with E-state index < -0.39 is 0 Å². The summed E-state index contributed by atoms with van der Waals surface area (Å²) >= 11 is 0. The number of piperidine rings is 1. The Hall–Kier alpha value is -1.36. The normalized spacial score (nSPS) is 17.4. The lowest BCUT2D eigenvalue weighted by molar-refractivity contribution is 0.252. The van der Waals surface area contributed by atoms with Crippen molar-refractivity contribution < 1.29 is 0 Å². The van der Waals surface area contributed by atoms with Crippen molar-refractivity contribution in [3.8, 4) is 0 Å². The van der Waals surface area contributed by atoms with E-state index in [9.17, 15) is 0 Å². The first kappa shape index (κ1) is 14.1. The Morgan fingerprint density at radius 2 is 2.11 bits per heavy atom. The summed E-state index contributed by atoms with van der Waals surface area (Å²) < 4.78 is 0. The molecule has 0 spiro atoms. The molecule has 0 aliphatic carbocycles. The van der Waals surface area contributed by atoms with Gasteiger partial charge in [-0.1, -0.05) is 6.92 Å². The quantitative estimate of drug-likeness (QED) is 0.878. The van der Waals surface area contributed by atoms with Gasteiger partial charge in [-0.3, -0.25) is 0 Å². The SMILES string of the molecule is CCCNc1cc(N(C)C2CCN(C)CC2)ncn1. The van der Waals surface area contributed by atoms with Crippen molar-refractivity contribution in [1.82, 2.24) is 14.9 Å². The molecule has 1 aromatic heterocycles. The Morgan fingerprint density at radius 1 is 1.37 bits per heavy atom. The van der Waals surface area contributed by atoms with Crippen molar-refractivity contribution in [3.63, 3.8) is 0 Å². The van der Waals surface area contributed by atoms with E-state index in [0.717, 1.165) is 24.6 Å². The smallest absolute Gasteiger partial charge is 0.134 e. The van der Waals surface area contributed by atoms with Gasteiger partial charge in [-0.05, 0) is 39.4 Å². The second kappa shape index (κ2) is 6.70. The first-order valence-electron chi connectivity index (χ1n) is 7.18. The highest BCUT2D eigenvalue weighted by Crippen LogP contribution is 2.21. The van der Waals surface area contributed by atoms with Crippen LogP contribution in [0.5, 0.6) is 0 Å². The van der Waals surface area contributed by atoms with Crippen LogP contribution >= 0.6 is 0 Å². The summed E-state index contributed by atoms with van der Waals surface area (Å²) in [7, 11) is 4.33. The number of nitrogens with zero attached hydrogens (tertiary/aromatic N) is 4. The highest BCUT2D eigenvalue weighted by molar-refractivity contribution is 5.48. The third-order valence-electron chi connectivity index (χ3n) is 3.81. The second-order valence-corrected chi connectivity index (χ2v) is 5.33. The fraction of sp³-hybridized carbons (Fsp3) is 0.714. The third-order valence-corrected chi connectivity index (χ3v) is 3.81. The molecule has 0 unspecified atom stereocenters. The van der Waals surface area contributed by atoms with E-state index >= 15 is 0 Å². The molecule has 0 radical (unpaired) electrons. The molecule has 1 aliphatic rings. The summed E-state index contributed by atoms with van der Waals surface area (Å²) in [5.41, 5.74) is 0. The summed E-state index contributed by atoms with van der Waals surface area (Å²) in [5, 5.41) is 3.31. The molecule has 1 fully saturated rings. The predicted octanol–water partition coefficient (Wildman–Crippen LogP) is 1.83. The fourth-order valence-corrected chi connectivity index (χ4v) is 2.46. The van der Waals surface area contributed by atoms with Crippen molar-refractivity contribution in [2.24, 2.45) is 0 Å². The Balaban J connectivity index is 1.99. The van der Waals surface area contributed by atoms with E-state index in [-0.39, 0.29) is 0 Å².